The van der Waals surface area contributed by atoms with Gasteiger partial charge in [0.05, 0.1) is 0 Å². The molecule has 1 N–H and O–H groups in total. The van der Waals surface area contributed by atoms with Crippen LogP contribution in [0.25, 0.3) is 0 Å². The van der Waals surface area contributed by atoms with E-state index >= 15 is 0 Å². The Balaban J connectivity index is 3.71. The van der Waals surface area contributed by atoms with Gasteiger partial charge in [-0.05, 0) is 5.92 Å². The molecule has 0 heterocycles. The van der Waals surface area contributed by atoms with Crippen molar-refractivity contribution in [2.75, 3.05) is 13.6 Å². The van der Waals surface area contributed by atoms with Crippen LogP contribution < -0.4 is 0 Å². The molecule has 0 rings (SSSR count). The van der Waals surface area contributed by atoms with Gasteiger partial charge in [-0.25, -0.2) is 8.51 Å². The minimum absolute atomic E-state index is 0.538. The molecule has 0 spiro atoms. The molecular formula is C7H17NO2S. The van der Waals surface area contributed by atoms with Crippen LogP contribution in [0.4, 0.5) is 0 Å². The van der Waals surface area contributed by atoms with Crippen LogP contribution in [0, 0.1) is 5.92 Å². The van der Waals surface area contributed by atoms with Gasteiger partial charge >= 0.3 is 0 Å². The third kappa shape index (κ3) is 4.50. The summed E-state index contributed by atoms with van der Waals surface area (Å²) in [4.78, 5) is 0. The van der Waals surface area contributed by atoms with E-state index in [1.165, 1.54) is 4.31 Å². The third-order valence-electron chi connectivity index (χ3n) is 1.94. The van der Waals surface area contributed by atoms with Gasteiger partial charge in [-0.3, -0.25) is 4.55 Å². The van der Waals surface area contributed by atoms with Crippen LogP contribution in [0.15, 0.2) is 0 Å². The quantitative estimate of drug-likeness (QED) is 0.650. The van der Waals surface area contributed by atoms with Gasteiger partial charge in [-0.15, -0.1) is 0 Å². The molecule has 0 bridgehead atoms. The van der Waals surface area contributed by atoms with Crippen molar-refractivity contribution in [3.8, 4) is 0 Å². The molecule has 0 radical (unpaired) electrons. The molecule has 1 unspecified atom stereocenters. The number of rotatable bonds is 5. The standard InChI is InChI=1S/C7H17NO2S/c1-4-7(5-2)6-8(3)11(9)10/h7H,4-6H2,1-3H3,(H,9,10). The Morgan fingerprint density at radius 3 is 2.18 bits per heavy atom. The van der Waals surface area contributed by atoms with Crippen molar-refractivity contribution < 1.29 is 8.76 Å². The summed E-state index contributed by atoms with van der Waals surface area (Å²) < 4.78 is 20.6. The van der Waals surface area contributed by atoms with Crippen molar-refractivity contribution in [3.63, 3.8) is 0 Å². The first-order valence-corrected chi connectivity index (χ1v) is 5.00. The average Bonchev–Trinajstić information content (AvgIpc) is 1.99. The summed E-state index contributed by atoms with van der Waals surface area (Å²) in [6, 6.07) is 0. The van der Waals surface area contributed by atoms with E-state index in [-0.39, 0.29) is 0 Å². The number of hydrogen-bond donors (Lipinski definition) is 1. The van der Waals surface area contributed by atoms with Crippen LogP contribution >= 0.6 is 0 Å². The van der Waals surface area contributed by atoms with Crippen molar-refractivity contribution >= 4 is 11.3 Å². The van der Waals surface area contributed by atoms with Crippen LogP contribution in [0.5, 0.6) is 0 Å². The Bertz CT molecular complexity index is 126. The lowest BCUT2D eigenvalue weighted by molar-refractivity contribution is 0.359. The van der Waals surface area contributed by atoms with E-state index in [0.717, 1.165) is 12.8 Å². The largest absolute Gasteiger partial charge is 0.294 e. The van der Waals surface area contributed by atoms with Crippen LogP contribution in [0.3, 0.4) is 0 Å². The molecule has 0 fully saturated rings. The summed E-state index contributed by atoms with van der Waals surface area (Å²) in [5.74, 6) is 0.538. The van der Waals surface area contributed by atoms with Crippen LogP contribution in [-0.2, 0) is 11.3 Å². The maximum atomic E-state index is 10.5. The first kappa shape index (κ1) is 11.1. The van der Waals surface area contributed by atoms with Crippen molar-refractivity contribution in [2.24, 2.45) is 5.92 Å². The molecule has 11 heavy (non-hydrogen) atoms. The van der Waals surface area contributed by atoms with Crippen LogP contribution in [0.1, 0.15) is 26.7 Å². The van der Waals surface area contributed by atoms with Gasteiger partial charge in [0.2, 0.25) is 11.3 Å². The highest BCUT2D eigenvalue weighted by molar-refractivity contribution is 7.76. The fourth-order valence-electron chi connectivity index (χ4n) is 0.974. The summed E-state index contributed by atoms with van der Waals surface area (Å²) in [6.07, 6.45) is 2.13. The van der Waals surface area contributed by atoms with E-state index in [9.17, 15) is 4.21 Å². The Hall–Kier alpha value is 0.0700. The van der Waals surface area contributed by atoms with Crippen molar-refractivity contribution in [3.05, 3.63) is 0 Å². The normalized spacial score (nSPS) is 14.4. The Morgan fingerprint density at radius 1 is 1.45 bits per heavy atom. The molecule has 3 nitrogen and oxygen atoms in total. The topological polar surface area (TPSA) is 40.5 Å². The van der Waals surface area contributed by atoms with E-state index in [0.29, 0.717) is 12.5 Å². The van der Waals surface area contributed by atoms with Crippen LogP contribution in [0.2, 0.25) is 0 Å². The molecule has 0 aliphatic carbocycles. The highest BCUT2D eigenvalue weighted by atomic mass is 32.2. The van der Waals surface area contributed by atoms with Gasteiger partial charge in [0.15, 0.2) is 0 Å². The second kappa shape index (κ2) is 5.69. The van der Waals surface area contributed by atoms with Crippen molar-refractivity contribution in [1.82, 2.24) is 4.31 Å². The Kier molecular flexibility index (Phi) is 5.72. The number of nitrogens with zero attached hydrogens (tertiary/aromatic N) is 1. The lowest BCUT2D eigenvalue weighted by Gasteiger charge is -2.17. The lowest BCUT2D eigenvalue weighted by Crippen LogP contribution is -2.26. The SMILES string of the molecule is CCC(CC)CN(C)S(=O)O. The highest BCUT2D eigenvalue weighted by Crippen LogP contribution is 2.08. The summed E-state index contributed by atoms with van der Waals surface area (Å²) in [5, 5.41) is 0. The van der Waals surface area contributed by atoms with Crippen LogP contribution in [-0.4, -0.2) is 26.7 Å². The fourth-order valence-corrected chi connectivity index (χ4v) is 1.31. The molecule has 68 valence electrons. The summed E-state index contributed by atoms with van der Waals surface area (Å²) in [7, 11) is 1.66. The van der Waals surface area contributed by atoms with Gasteiger partial charge in [0.1, 0.15) is 0 Å². The second-order valence-corrected chi connectivity index (χ2v) is 3.81. The maximum Gasteiger partial charge on any atom is 0.234 e. The molecular weight excluding hydrogens is 162 g/mol. The second-order valence-electron chi connectivity index (χ2n) is 2.72. The Morgan fingerprint density at radius 2 is 1.91 bits per heavy atom. The average molecular weight is 179 g/mol. The first-order chi connectivity index (χ1) is 5.11. The Labute approximate surface area is 71.2 Å². The van der Waals surface area contributed by atoms with Gasteiger partial charge in [-0.2, -0.15) is 0 Å². The molecule has 1 atom stereocenters. The monoisotopic (exact) mass is 179 g/mol. The zero-order valence-corrected chi connectivity index (χ0v) is 8.23. The summed E-state index contributed by atoms with van der Waals surface area (Å²) >= 11 is -1.80. The molecule has 0 aromatic rings. The molecule has 4 heteroatoms. The smallest absolute Gasteiger partial charge is 0.234 e. The van der Waals surface area contributed by atoms with Gasteiger partial charge < -0.3 is 0 Å². The zero-order valence-electron chi connectivity index (χ0n) is 7.41. The predicted octanol–water partition coefficient (Wildman–Crippen LogP) is 1.49. The van der Waals surface area contributed by atoms with Crippen molar-refractivity contribution in [2.45, 2.75) is 26.7 Å². The summed E-state index contributed by atoms with van der Waals surface area (Å²) in [6.45, 7) is 4.90. The summed E-state index contributed by atoms with van der Waals surface area (Å²) in [5.41, 5.74) is 0. The highest BCUT2D eigenvalue weighted by Gasteiger charge is 2.10. The predicted molar refractivity (Wildman–Crippen MR) is 47.5 cm³/mol. The minimum Gasteiger partial charge on any atom is -0.294 e. The van der Waals surface area contributed by atoms with Gasteiger partial charge in [0.25, 0.3) is 0 Å². The molecule has 0 amide bonds. The van der Waals surface area contributed by atoms with E-state index in [1.54, 1.807) is 7.05 Å². The van der Waals surface area contributed by atoms with Crippen molar-refractivity contribution in [1.29, 1.82) is 0 Å². The molecule has 0 saturated heterocycles. The fraction of sp³-hybridized carbons (Fsp3) is 1.00. The van der Waals surface area contributed by atoms with E-state index in [4.69, 9.17) is 4.55 Å². The molecule has 0 aromatic heterocycles. The maximum absolute atomic E-state index is 10.5. The first-order valence-electron chi connectivity index (χ1n) is 3.93. The van der Waals surface area contributed by atoms with Gasteiger partial charge in [-0.1, -0.05) is 26.7 Å². The molecule has 0 saturated carbocycles. The minimum atomic E-state index is -1.80. The van der Waals surface area contributed by atoms with E-state index in [2.05, 4.69) is 13.8 Å². The number of hydrogen-bond acceptors (Lipinski definition) is 1. The lowest BCUT2D eigenvalue weighted by atomic mass is 10.0. The zero-order chi connectivity index (χ0) is 8.85. The van der Waals surface area contributed by atoms with Gasteiger partial charge in [0, 0.05) is 13.6 Å². The van der Waals surface area contributed by atoms with E-state index in [1.807, 2.05) is 0 Å². The molecule has 0 aliphatic heterocycles. The molecule has 0 aliphatic rings. The third-order valence-corrected chi connectivity index (χ3v) is 2.62. The molecule has 0 aromatic carbocycles. The van der Waals surface area contributed by atoms with E-state index < -0.39 is 11.3 Å².